The van der Waals surface area contributed by atoms with Crippen LogP contribution in [0, 0.1) is 0 Å². The maximum absolute atomic E-state index is 5.20. The van der Waals surface area contributed by atoms with E-state index in [4.69, 9.17) is 4.52 Å². The van der Waals surface area contributed by atoms with Gasteiger partial charge in [-0.3, -0.25) is 4.90 Å². The molecule has 0 atom stereocenters. The molecule has 1 aromatic rings. The summed E-state index contributed by atoms with van der Waals surface area (Å²) in [6.07, 6.45) is 0.946. The van der Waals surface area contributed by atoms with Gasteiger partial charge in [-0.25, -0.2) is 0 Å². The number of rotatable bonds is 5. The van der Waals surface area contributed by atoms with E-state index in [0.717, 1.165) is 37.5 Å². The van der Waals surface area contributed by atoms with E-state index in [1.54, 1.807) is 0 Å². The van der Waals surface area contributed by atoms with Crippen LogP contribution in [0.25, 0.3) is 0 Å². The Hall–Kier alpha value is -0.830. The van der Waals surface area contributed by atoms with Gasteiger partial charge in [-0.1, -0.05) is 25.9 Å². The summed E-state index contributed by atoms with van der Waals surface area (Å²) in [5.74, 6) is 0.973. The van der Waals surface area contributed by atoms with E-state index in [1.165, 1.54) is 0 Å². The minimum absolute atomic E-state index is 0.875. The highest BCUT2D eigenvalue weighted by Gasteiger charge is 2.06. The zero-order valence-electron chi connectivity index (χ0n) is 8.71. The lowest BCUT2D eigenvalue weighted by atomic mass is 10.3. The molecule has 0 saturated heterocycles. The zero-order valence-corrected chi connectivity index (χ0v) is 8.71. The molecule has 0 fully saturated rings. The maximum Gasteiger partial charge on any atom is 0.150 e. The van der Waals surface area contributed by atoms with E-state index in [0.29, 0.717) is 0 Å². The quantitative estimate of drug-likeness (QED) is 0.698. The predicted octanol–water partition coefficient (Wildman–Crippen LogP) is 2.08. The van der Waals surface area contributed by atoms with Gasteiger partial charge in [0.2, 0.25) is 0 Å². The van der Waals surface area contributed by atoms with Gasteiger partial charge in [-0.2, -0.15) is 0 Å². The Morgan fingerprint density at radius 3 is 2.46 bits per heavy atom. The molecule has 0 radical (unpaired) electrons. The second-order valence-electron chi connectivity index (χ2n) is 3.10. The first-order valence-corrected chi connectivity index (χ1v) is 4.96. The summed E-state index contributed by atoms with van der Waals surface area (Å²) in [6, 6.07) is 2.04. The fourth-order valence-electron chi connectivity index (χ4n) is 1.26. The highest BCUT2D eigenvalue weighted by Crippen LogP contribution is 2.07. The molecule has 1 heterocycles. The van der Waals surface area contributed by atoms with Crippen molar-refractivity contribution in [1.29, 1.82) is 0 Å². The smallest absolute Gasteiger partial charge is 0.150 e. The SMILES string of the molecule is CCc1cc(CN(CC)CC)on1. The van der Waals surface area contributed by atoms with Gasteiger partial charge in [0.15, 0.2) is 5.76 Å². The summed E-state index contributed by atoms with van der Waals surface area (Å²) < 4.78 is 5.20. The molecule has 0 aliphatic carbocycles. The van der Waals surface area contributed by atoms with Crippen LogP contribution in [0.5, 0.6) is 0 Å². The molecule has 1 aromatic heterocycles. The molecule has 0 amide bonds. The summed E-state index contributed by atoms with van der Waals surface area (Å²) in [6.45, 7) is 9.37. The fourth-order valence-corrected chi connectivity index (χ4v) is 1.26. The Morgan fingerprint density at radius 2 is 2.00 bits per heavy atom. The van der Waals surface area contributed by atoms with Gasteiger partial charge < -0.3 is 4.52 Å². The van der Waals surface area contributed by atoms with Crippen LogP contribution >= 0.6 is 0 Å². The fraction of sp³-hybridized carbons (Fsp3) is 0.700. The third-order valence-electron chi connectivity index (χ3n) is 2.24. The molecule has 0 aromatic carbocycles. The summed E-state index contributed by atoms with van der Waals surface area (Å²) in [5.41, 5.74) is 1.04. The van der Waals surface area contributed by atoms with Gasteiger partial charge in [-0.15, -0.1) is 0 Å². The standard InChI is InChI=1S/C10H18N2O/c1-4-9-7-10(13-11-9)8-12(5-2)6-3/h7H,4-6,8H2,1-3H3. The lowest BCUT2D eigenvalue weighted by Crippen LogP contribution is -2.21. The van der Waals surface area contributed by atoms with Crippen LogP contribution in [0.4, 0.5) is 0 Å². The van der Waals surface area contributed by atoms with Crippen LogP contribution in [-0.2, 0) is 13.0 Å². The number of aryl methyl sites for hydroxylation is 1. The predicted molar refractivity (Wildman–Crippen MR) is 52.5 cm³/mol. The molecule has 13 heavy (non-hydrogen) atoms. The number of nitrogens with zero attached hydrogens (tertiary/aromatic N) is 2. The highest BCUT2D eigenvalue weighted by molar-refractivity contribution is 5.04. The van der Waals surface area contributed by atoms with Crippen molar-refractivity contribution in [2.75, 3.05) is 13.1 Å². The van der Waals surface area contributed by atoms with Gasteiger partial charge in [0, 0.05) is 6.07 Å². The van der Waals surface area contributed by atoms with Gasteiger partial charge in [0.25, 0.3) is 0 Å². The Morgan fingerprint density at radius 1 is 1.31 bits per heavy atom. The minimum atomic E-state index is 0.875. The molecule has 0 aliphatic heterocycles. The van der Waals surface area contributed by atoms with Crippen LogP contribution in [0.3, 0.4) is 0 Å². The van der Waals surface area contributed by atoms with Crippen molar-refractivity contribution in [3.05, 3.63) is 17.5 Å². The molecule has 3 nitrogen and oxygen atoms in total. The molecule has 3 heteroatoms. The third-order valence-corrected chi connectivity index (χ3v) is 2.24. The molecular formula is C10H18N2O. The van der Waals surface area contributed by atoms with Crippen LogP contribution in [-0.4, -0.2) is 23.1 Å². The van der Waals surface area contributed by atoms with Gasteiger partial charge in [-0.05, 0) is 19.5 Å². The molecule has 0 N–H and O–H groups in total. The summed E-state index contributed by atoms with van der Waals surface area (Å²) in [4.78, 5) is 2.31. The maximum atomic E-state index is 5.20. The molecular weight excluding hydrogens is 164 g/mol. The lowest BCUT2D eigenvalue weighted by molar-refractivity contribution is 0.251. The van der Waals surface area contributed by atoms with Crippen LogP contribution in [0.2, 0.25) is 0 Å². The Labute approximate surface area is 79.7 Å². The first kappa shape index (κ1) is 10.3. The Kier molecular flexibility index (Phi) is 3.96. The van der Waals surface area contributed by atoms with Crippen molar-refractivity contribution in [3.8, 4) is 0 Å². The van der Waals surface area contributed by atoms with E-state index in [9.17, 15) is 0 Å². The molecule has 0 saturated carbocycles. The molecule has 0 spiro atoms. The summed E-state index contributed by atoms with van der Waals surface area (Å²) in [7, 11) is 0. The third kappa shape index (κ3) is 2.84. The average Bonchev–Trinajstić information content (AvgIpc) is 2.61. The van der Waals surface area contributed by atoms with Crippen LogP contribution in [0.1, 0.15) is 32.2 Å². The first-order chi connectivity index (χ1) is 6.30. The number of aromatic nitrogens is 1. The van der Waals surface area contributed by atoms with Crippen molar-refractivity contribution in [1.82, 2.24) is 10.1 Å². The normalized spacial score (nSPS) is 11.1. The topological polar surface area (TPSA) is 29.3 Å². The number of hydrogen-bond donors (Lipinski definition) is 0. The van der Waals surface area contributed by atoms with E-state index in [1.807, 2.05) is 6.07 Å². The summed E-state index contributed by atoms with van der Waals surface area (Å²) in [5, 5.41) is 3.95. The van der Waals surface area contributed by atoms with Crippen molar-refractivity contribution >= 4 is 0 Å². The largest absolute Gasteiger partial charge is 0.360 e. The van der Waals surface area contributed by atoms with Crippen molar-refractivity contribution in [2.24, 2.45) is 0 Å². The zero-order chi connectivity index (χ0) is 9.68. The lowest BCUT2D eigenvalue weighted by Gasteiger charge is -2.14. The van der Waals surface area contributed by atoms with Gasteiger partial charge in [0.05, 0.1) is 12.2 Å². The van der Waals surface area contributed by atoms with Crippen molar-refractivity contribution < 1.29 is 4.52 Å². The monoisotopic (exact) mass is 182 g/mol. The highest BCUT2D eigenvalue weighted by atomic mass is 16.5. The molecule has 0 unspecified atom stereocenters. The number of hydrogen-bond acceptors (Lipinski definition) is 3. The van der Waals surface area contributed by atoms with Gasteiger partial charge >= 0.3 is 0 Å². The molecule has 0 aliphatic rings. The van der Waals surface area contributed by atoms with E-state index in [-0.39, 0.29) is 0 Å². The van der Waals surface area contributed by atoms with E-state index >= 15 is 0 Å². The summed E-state index contributed by atoms with van der Waals surface area (Å²) >= 11 is 0. The molecule has 74 valence electrons. The second-order valence-corrected chi connectivity index (χ2v) is 3.10. The average molecular weight is 182 g/mol. The van der Waals surface area contributed by atoms with Crippen LogP contribution < -0.4 is 0 Å². The minimum Gasteiger partial charge on any atom is -0.360 e. The Balaban J connectivity index is 2.52. The van der Waals surface area contributed by atoms with Crippen LogP contribution in [0.15, 0.2) is 10.6 Å². The second kappa shape index (κ2) is 5.02. The first-order valence-electron chi connectivity index (χ1n) is 4.96. The molecule has 0 bridgehead atoms. The Bertz CT molecular complexity index is 241. The van der Waals surface area contributed by atoms with Crippen molar-refractivity contribution in [3.63, 3.8) is 0 Å². The van der Waals surface area contributed by atoms with Gasteiger partial charge in [0.1, 0.15) is 0 Å². The van der Waals surface area contributed by atoms with E-state index in [2.05, 4.69) is 30.8 Å². The van der Waals surface area contributed by atoms with Crippen molar-refractivity contribution in [2.45, 2.75) is 33.7 Å². The molecule has 1 rings (SSSR count). The van der Waals surface area contributed by atoms with E-state index < -0.39 is 0 Å².